The highest BCUT2D eigenvalue weighted by Gasteiger charge is 2.24. The summed E-state index contributed by atoms with van der Waals surface area (Å²) in [6.45, 7) is 15.0. The van der Waals surface area contributed by atoms with E-state index in [0.717, 1.165) is 30.5 Å². The lowest BCUT2D eigenvalue weighted by atomic mass is 10.1. The average Bonchev–Trinajstić information content (AvgIpc) is 2.22. The fourth-order valence-corrected chi connectivity index (χ4v) is 2.73. The first-order valence-corrected chi connectivity index (χ1v) is 7.65. The second kappa shape index (κ2) is 8.05. The van der Waals surface area contributed by atoms with Crippen LogP contribution < -0.4 is 0 Å². The molecule has 0 saturated heterocycles. The van der Waals surface area contributed by atoms with Crippen LogP contribution in [0.2, 0.25) is 0 Å². The van der Waals surface area contributed by atoms with Gasteiger partial charge >= 0.3 is 0 Å². The Bertz CT molecular complexity index is 269. The van der Waals surface area contributed by atoms with Crippen molar-refractivity contribution in [1.82, 2.24) is 9.80 Å². The van der Waals surface area contributed by atoms with Crippen molar-refractivity contribution in [3.05, 3.63) is 0 Å². The summed E-state index contributed by atoms with van der Waals surface area (Å²) in [6, 6.07) is 0. The Balaban J connectivity index is 4.54. The minimum atomic E-state index is 0.0421. The quantitative estimate of drug-likeness (QED) is 0.679. The van der Waals surface area contributed by atoms with Crippen LogP contribution in [0, 0.1) is 5.92 Å². The lowest BCUT2D eigenvalue weighted by Crippen LogP contribution is -2.51. The normalized spacial score (nSPS) is 11.5. The molecular weight excluding hydrogens is 260 g/mol. The van der Waals surface area contributed by atoms with Gasteiger partial charge in [0.1, 0.15) is 0 Å². The van der Waals surface area contributed by atoms with Gasteiger partial charge in [0, 0.05) is 18.6 Å². The molecule has 0 spiro atoms. The van der Waals surface area contributed by atoms with Gasteiger partial charge in [0.25, 0.3) is 0 Å². The van der Waals surface area contributed by atoms with Gasteiger partial charge in [-0.1, -0.05) is 26.1 Å². The van der Waals surface area contributed by atoms with Crippen LogP contribution in [0.1, 0.15) is 54.4 Å². The Morgan fingerprint density at radius 3 is 2.17 bits per heavy atom. The van der Waals surface area contributed by atoms with E-state index >= 15 is 0 Å². The number of rotatable bonds is 6. The molecule has 0 aromatic heterocycles. The van der Waals surface area contributed by atoms with Gasteiger partial charge in [-0.2, -0.15) is 0 Å². The molecule has 0 atom stereocenters. The molecular formula is C14H28N2S2. The zero-order valence-corrected chi connectivity index (χ0v) is 14.3. The number of hydrogen-bond acceptors (Lipinski definition) is 2. The zero-order valence-electron chi connectivity index (χ0n) is 12.7. The van der Waals surface area contributed by atoms with Gasteiger partial charge < -0.3 is 9.80 Å². The van der Waals surface area contributed by atoms with Crippen LogP contribution in [0.15, 0.2) is 0 Å². The summed E-state index contributed by atoms with van der Waals surface area (Å²) in [6.07, 6.45) is 2.34. The van der Waals surface area contributed by atoms with E-state index in [2.05, 4.69) is 46.4 Å². The topological polar surface area (TPSA) is 6.48 Å². The van der Waals surface area contributed by atoms with Crippen LogP contribution in [0.5, 0.6) is 0 Å². The van der Waals surface area contributed by atoms with Crippen LogP contribution in [0.3, 0.4) is 0 Å². The third kappa shape index (κ3) is 6.10. The van der Waals surface area contributed by atoms with Gasteiger partial charge in [0.15, 0.2) is 5.11 Å². The maximum absolute atomic E-state index is 5.58. The summed E-state index contributed by atoms with van der Waals surface area (Å²) in [5.74, 6) is 0.732. The van der Waals surface area contributed by atoms with Gasteiger partial charge in [0.05, 0.1) is 5.49 Å². The lowest BCUT2D eigenvalue weighted by molar-refractivity contribution is 0.232. The largest absolute Gasteiger partial charge is 0.344 e. The SMILES string of the molecule is CCN(C(=S)N(C=S)CCCC(C)C)C(C)(C)C. The second-order valence-electron chi connectivity index (χ2n) is 6.03. The number of hydrogen-bond donors (Lipinski definition) is 0. The van der Waals surface area contributed by atoms with E-state index in [4.69, 9.17) is 24.4 Å². The number of thiocarbonyl (C=S) groups is 2. The summed E-state index contributed by atoms with van der Waals surface area (Å²) in [5, 5.41) is 0.851. The van der Waals surface area contributed by atoms with Crippen molar-refractivity contribution in [2.75, 3.05) is 13.1 Å². The molecule has 2 nitrogen and oxygen atoms in total. The molecule has 0 N–H and O–H groups in total. The molecule has 0 aliphatic rings. The molecule has 0 saturated carbocycles. The van der Waals surface area contributed by atoms with E-state index in [0.29, 0.717) is 0 Å². The van der Waals surface area contributed by atoms with E-state index in [1.807, 2.05) is 4.90 Å². The molecule has 0 aromatic rings. The summed E-state index contributed by atoms with van der Waals surface area (Å²) < 4.78 is 0. The van der Waals surface area contributed by atoms with E-state index < -0.39 is 0 Å². The minimum absolute atomic E-state index is 0.0421. The van der Waals surface area contributed by atoms with Gasteiger partial charge in [-0.3, -0.25) is 0 Å². The first kappa shape index (κ1) is 17.8. The van der Waals surface area contributed by atoms with Crippen molar-refractivity contribution in [1.29, 1.82) is 0 Å². The van der Waals surface area contributed by atoms with E-state index in [9.17, 15) is 0 Å². The molecule has 0 heterocycles. The second-order valence-corrected chi connectivity index (χ2v) is 6.61. The Morgan fingerprint density at radius 2 is 1.83 bits per heavy atom. The third-order valence-electron chi connectivity index (χ3n) is 2.91. The van der Waals surface area contributed by atoms with Crippen LogP contribution in [-0.4, -0.2) is 39.0 Å². The number of nitrogens with zero attached hydrogens (tertiary/aromatic N) is 2. The zero-order chi connectivity index (χ0) is 14.3. The highest BCUT2D eigenvalue weighted by atomic mass is 32.1. The van der Waals surface area contributed by atoms with Crippen molar-refractivity contribution in [3.8, 4) is 0 Å². The maximum Gasteiger partial charge on any atom is 0.176 e. The summed E-state index contributed by atoms with van der Waals surface area (Å²) in [7, 11) is 0. The molecule has 0 amide bonds. The predicted octanol–water partition coefficient (Wildman–Crippen LogP) is 4.09. The highest BCUT2D eigenvalue weighted by Crippen LogP contribution is 2.16. The Morgan fingerprint density at radius 1 is 1.28 bits per heavy atom. The van der Waals surface area contributed by atoms with Crippen LogP contribution in [0.4, 0.5) is 0 Å². The first-order chi connectivity index (χ1) is 8.23. The van der Waals surface area contributed by atoms with Crippen LogP contribution >= 0.6 is 24.4 Å². The van der Waals surface area contributed by atoms with Gasteiger partial charge in [-0.25, -0.2) is 0 Å². The fourth-order valence-electron chi connectivity index (χ4n) is 1.91. The Labute approximate surface area is 124 Å². The van der Waals surface area contributed by atoms with E-state index in [1.54, 1.807) is 5.49 Å². The van der Waals surface area contributed by atoms with Gasteiger partial charge in [-0.15, -0.1) is 0 Å². The maximum atomic E-state index is 5.58. The monoisotopic (exact) mass is 288 g/mol. The molecule has 18 heavy (non-hydrogen) atoms. The van der Waals surface area contributed by atoms with Crippen molar-refractivity contribution >= 4 is 35.0 Å². The summed E-state index contributed by atoms with van der Waals surface area (Å²) in [5.41, 5.74) is 1.73. The summed E-state index contributed by atoms with van der Waals surface area (Å²) in [4.78, 5) is 4.25. The summed E-state index contributed by atoms with van der Waals surface area (Å²) >= 11 is 10.7. The van der Waals surface area contributed by atoms with Crippen LogP contribution in [-0.2, 0) is 0 Å². The molecule has 0 bridgehead atoms. The highest BCUT2D eigenvalue weighted by molar-refractivity contribution is 7.81. The smallest absolute Gasteiger partial charge is 0.176 e. The Hall–Kier alpha value is -0.220. The molecule has 4 heteroatoms. The average molecular weight is 289 g/mol. The first-order valence-electron chi connectivity index (χ1n) is 6.77. The Kier molecular flexibility index (Phi) is 7.95. The van der Waals surface area contributed by atoms with Crippen molar-refractivity contribution < 1.29 is 0 Å². The standard InChI is InChI=1S/C14H28N2S2/c1-7-16(14(4,5)6)13(18)15(11-17)10-8-9-12(2)3/h11-12H,7-10H2,1-6H3. The van der Waals surface area contributed by atoms with E-state index in [1.165, 1.54) is 6.42 Å². The van der Waals surface area contributed by atoms with Crippen molar-refractivity contribution in [2.45, 2.75) is 59.9 Å². The molecule has 0 unspecified atom stereocenters. The molecule has 106 valence electrons. The fraction of sp³-hybridized carbons (Fsp3) is 0.857. The lowest BCUT2D eigenvalue weighted by Gasteiger charge is -2.40. The molecule has 0 fully saturated rings. The van der Waals surface area contributed by atoms with Crippen molar-refractivity contribution in [2.24, 2.45) is 5.92 Å². The molecule has 0 radical (unpaired) electrons. The minimum Gasteiger partial charge on any atom is -0.344 e. The van der Waals surface area contributed by atoms with Crippen molar-refractivity contribution in [3.63, 3.8) is 0 Å². The molecule has 0 aliphatic carbocycles. The van der Waals surface area contributed by atoms with Crippen LogP contribution in [0.25, 0.3) is 0 Å². The van der Waals surface area contributed by atoms with Gasteiger partial charge in [0.2, 0.25) is 0 Å². The molecule has 0 aromatic carbocycles. The van der Waals surface area contributed by atoms with Gasteiger partial charge in [-0.05, 0) is 58.7 Å². The third-order valence-corrected chi connectivity index (χ3v) is 3.62. The molecule has 0 rings (SSSR count). The predicted molar refractivity (Wildman–Crippen MR) is 89.2 cm³/mol. The molecule has 0 aliphatic heterocycles. The van der Waals surface area contributed by atoms with E-state index in [-0.39, 0.29) is 5.54 Å².